The van der Waals surface area contributed by atoms with E-state index >= 15 is 0 Å². The molecule has 1 rings (SSSR count). The summed E-state index contributed by atoms with van der Waals surface area (Å²) in [5.74, 6) is -3.45. The first-order valence-corrected chi connectivity index (χ1v) is 9.06. The zero-order valence-corrected chi connectivity index (χ0v) is 15.8. The zero-order valence-electron chi connectivity index (χ0n) is 14.9. The van der Waals surface area contributed by atoms with Gasteiger partial charge in [0, 0.05) is 12.3 Å². The van der Waals surface area contributed by atoms with Crippen molar-refractivity contribution in [2.75, 3.05) is 18.9 Å². The van der Waals surface area contributed by atoms with Crippen molar-refractivity contribution in [3.8, 4) is 0 Å². The van der Waals surface area contributed by atoms with Gasteiger partial charge in [0.25, 0.3) is 0 Å². The van der Waals surface area contributed by atoms with Gasteiger partial charge in [0.2, 0.25) is 17.7 Å². The molecule has 12 heteroatoms. The third-order valence-electron chi connectivity index (χ3n) is 4.26. The van der Waals surface area contributed by atoms with Crippen LogP contribution in [0, 0.1) is 0 Å². The summed E-state index contributed by atoms with van der Waals surface area (Å²) in [6.45, 7) is 0.799. The molecule has 0 bridgehead atoms. The van der Waals surface area contributed by atoms with Gasteiger partial charge in [-0.05, 0) is 19.8 Å². The monoisotopic (exact) mass is 406 g/mol. The third kappa shape index (κ3) is 6.06. The van der Waals surface area contributed by atoms with Gasteiger partial charge < -0.3 is 36.6 Å². The van der Waals surface area contributed by atoms with Crippen LogP contribution in [0.3, 0.4) is 0 Å². The molecule has 11 nitrogen and oxygen atoms in total. The van der Waals surface area contributed by atoms with Crippen LogP contribution in [-0.4, -0.2) is 93.1 Å². The average Bonchev–Trinajstić information content (AvgIpc) is 3.11. The topological polar surface area (TPSA) is 182 Å². The van der Waals surface area contributed by atoms with E-state index in [9.17, 15) is 24.3 Å². The number of nitrogens with two attached hydrogens (primary N) is 1. The smallest absolute Gasteiger partial charge is 0.328 e. The maximum absolute atomic E-state index is 12.7. The zero-order chi connectivity index (χ0) is 20.7. The van der Waals surface area contributed by atoms with E-state index in [1.54, 1.807) is 0 Å². The van der Waals surface area contributed by atoms with E-state index in [1.807, 2.05) is 0 Å². The molecular weight excluding hydrogens is 380 g/mol. The van der Waals surface area contributed by atoms with Crippen molar-refractivity contribution in [3.63, 3.8) is 0 Å². The summed E-state index contributed by atoms with van der Waals surface area (Å²) < 4.78 is 0. The molecule has 27 heavy (non-hydrogen) atoms. The average molecular weight is 406 g/mol. The van der Waals surface area contributed by atoms with Crippen molar-refractivity contribution in [2.45, 2.75) is 50.0 Å². The Morgan fingerprint density at radius 3 is 2.37 bits per heavy atom. The number of hydrogen-bond acceptors (Lipinski definition) is 8. The second-order valence-electron chi connectivity index (χ2n) is 6.28. The number of carbonyl (C=O) groups excluding carboxylic acids is 3. The summed E-state index contributed by atoms with van der Waals surface area (Å²) >= 11 is 4.04. The van der Waals surface area contributed by atoms with Crippen LogP contribution in [0.15, 0.2) is 0 Å². The minimum absolute atomic E-state index is 0.0592. The van der Waals surface area contributed by atoms with Crippen LogP contribution in [-0.2, 0) is 19.2 Å². The molecule has 1 heterocycles. The molecular formula is C15H26N4O7S. The number of amides is 3. The molecule has 0 aromatic carbocycles. The molecule has 0 aromatic rings. The van der Waals surface area contributed by atoms with E-state index < -0.39 is 60.6 Å². The minimum Gasteiger partial charge on any atom is -0.480 e. The molecule has 7 N–H and O–H groups in total. The van der Waals surface area contributed by atoms with E-state index in [-0.39, 0.29) is 12.3 Å². The number of hydrogen-bond donors (Lipinski definition) is 7. The standard InChI is InChI=1S/C15H26N4O7S/c1-7(21)11(16)13(23)18-9(6-27)14(24)19-4-2-3-10(19)12(22)17-8(5-20)15(25)26/h7-11,20-21,27H,2-6,16H2,1H3,(H,17,22)(H,18,23)(H,25,26). The van der Waals surface area contributed by atoms with Crippen LogP contribution in [0.1, 0.15) is 19.8 Å². The van der Waals surface area contributed by atoms with Gasteiger partial charge in [0.05, 0.1) is 12.7 Å². The lowest BCUT2D eigenvalue weighted by Gasteiger charge is -2.29. The second kappa shape index (κ2) is 10.4. The number of nitrogens with one attached hydrogen (secondary N) is 2. The second-order valence-corrected chi connectivity index (χ2v) is 6.65. The molecule has 0 radical (unpaired) electrons. The summed E-state index contributed by atoms with van der Waals surface area (Å²) in [6.07, 6.45) is -0.283. The molecule has 1 aliphatic rings. The van der Waals surface area contributed by atoms with Crippen molar-refractivity contribution in [1.29, 1.82) is 0 Å². The van der Waals surface area contributed by atoms with E-state index in [1.165, 1.54) is 11.8 Å². The Balaban J connectivity index is 2.82. The molecule has 0 saturated carbocycles. The normalized spacial score (nSPS) is 21.1. The Kier molecular flexibility index (Phi) is 8.96. The van der Waals surface area contributed by atoms with Crippen LogP contribution >= 0.6 is 12.6 Å². The Labute approximate surface area is 161 Å². The first-order valence-electron chi connectivity index (χ1n) is 8.43. The number of nitrogens with zero attached hydrogens (tertiary/aromatic N) is 1. The van der Waals surface area contributed by atoms with Crippen LogP contribution in [0.2, 0.25) is 0 Å². The number of carbonyl (C=O) groups is 4. The number of aliphatic carboxylic acids is 1. The van der Waals surface area contributed by atoms with Crippen LogP contribution in [0.25, 0.3) is 0 Å². The first-order chi connectivity index (χ1) is 12.6. The van der Waals surface area contributed by atoms with Gasteiger partial charge in [-0.25, -0.2) is 4.79 Å². The Bertz CT molecular complexity index is 574. The maximum Gasteiger partial charge on any atom is 0.328 e. The van der Waals surface area contributed by atoms with Crippen molar-refractivity contribution < 1.29 is 34.5 Å². The first kappa shape index (κ1) is 23.1. The number of aliphatic hydroxyl groups is 2. The van der Waals surface area contributed by atoms with Crippen molar-refractivity contribution in [3.05, 3.63) is 0 Å². The SMILES string of the molecule is CC(O)C(N)C(=O)NC(CS)C(=O)N1CCCC1C(=O)NC(CO)C(=O)O. The lowest BCUT2D eigenvalue weighted by atomic mass is 10.1. The van der Waals surface area contributed by atoms with E-state index in [4.69, 9.17) is 15.9 Å². The third-order valence-corrected chi connectivity index (χ3v) is 4.62. The van der Waals surface area contributed by atoms with Gasteiger partial charge in [0.15, 0.2) is 0 Å². The molecule has 1 aliphatic heterocycles. The number of aliphatic hydroxyl groups excluding tert-OH is 2. The highest BCUT2D eigenvalue weighted by molar-refractivity contribution is 7.80. The van der Waals surface area contributed by atoms with Gasteiger partial charge in [-0.1, -0.05) is 0 Å². The molecule has 5 unspecified atom stereocenters. The summed E-state index contributed by atoms with van der Waals surface area (Å²) in [7, 11) is 0. The summed E-state index contributed by atoms with van der Waals surface area (Å²) in [4.78, 5) is 49.2. The van der Waals surface area contributed by atoms with E-state index in [0.29, 0.717) is 12.8 Å². The molecule has 0 spiro atoms. The highest BCUT2D eigenvalue weighted by Gasteiger charge is 2.38. The maximum atomic E-state index is 12.7. The van der Waals surface area contributed by atoms with Gasteiger partial charge in [-0.3, -0.25) is 14.4 Å². The molecule has 1 fully saturated rings. The predicted octanol–water partition coefficient (Wildman–Crippen LogP) is -3.34. The Morgan fingerprint density at radius 2 is 1.89 bits per heavy atom. The quantitative estimate of drug-likeness (QED) is 0.194. The fraction of sp³-hybridized carbons (Fsp3) is 0.733. The van der Waals surface area contributed by atoms with Crippen LogP contribution in [0.5, 0.6) is 0 Å². The van der Waals surface area contributed by atoms with Gasteiger partial charge >= 0.3 is 5.97 Å². The van der Waals surface area contributed by atoms with E-state index in [0.717, 1.165) is 0 Å². The summed E-state index contributed by atoms with van der Waals surface area (Å²) in [5.41, 5.74) is 5.54. The molecule has 154 valence electrons. The van der Waals surface area contributed by atoms with Crippen molar-refractivity contribution >= 4 is 36.3 Å². The van der Waals surface area contributed by atoms with E-state index in [2.05, 4.69) is 23.3 Å². The molecule has 3 amide bonds. The number of thiol groups is 1. The fourth-order valence-electron chi connectivity index (χ4n) is 2.63. The molecule has 1 saturated heterocycles. The highest BCUT2D eigenvalue weighted by Crippen LogP contribution is 2.19. The number of likely N-dealkylation sites (tertiary alicyclic amines) is 1. The van der Waals surface area contributed by atoms with Crippen LogP contribution in [0.4, 0.5) is 0 Å². The summed E-state index contributed by atoms with van der Waals surface area (Å²) in [6, 6.07) is -4.68. The fourth-order valence-corrected chi connectivity index (χ4v) is 2.88. The van der Waals surface area contributed by atoms with Gasteiger partial charge in [-0.15, -0.1) is 0 Å². The van der Waals surface area contributed by atoms with Crippen molar-refractivity contribution in [2.24, 2.45) is 5.73 Å². The van der Waals surface area contributed by atoms with Crippen molar-refractivity contribution in [1.82, 2.24) is 15.5 Å². The number of rotatable bonds is 9. The van der Waals surface area contributed by atoms with Crippen LogP contribution < -0.4 is 16.4 Å². The molecule has 0 aliphatic carbocycles. The lowest BCUT2D eigenvalue weighted by Crippen LogP contribution is -2.58. The number of carboxylic acids is 1. The lowest BCUT2D eigenvalue weighted by molar-refractivity contribution is -0.145. The highest BCUT2D eigenvalue weighted by atomic mass is 32.1. The Hall–Kier alpha value is -1.89. The Morgan fingerprint density at radius 1 is 1.26 bits per heavy atom. The van der Waals surface area contributed by atoms with Gasteiger partial charge in [-0.2, -0.15) is 12.6 Å². The largest absolute Gasteiger partial charge is 0.480 e. The molecule has 5 atom stereocenters. The predicted molar refractivity (Wildman–Crippen MR) is 96.8 cm³/mol. The number of carboxylic acid groups (broad SMARTS) is 1. The summed E-state index contributed by atoms with van der Waals surface area (Å²) in [5, 5.41) is 31.9. The minimum atomic E-state index is -1.47. The molecule has 0 aromatic heterocycles. The van der Waals surface area contributed by atoms with Gasteiger partial charge in [0.1, 0.15) is 24.2 Å².